The number of carbonyl (C=O) groups is 2. The molecule has 0 atom stereocenters. The van der Waals surface area contributed by atoms with E-state index in [-0.39, 0.29) is 29.2 Å². The molecule has 5 aromatic rings. The summed E-state index contributed by atoms with van der Waals surface area (Å²) < 4.78 is 34.8. The van der Waals surface area contributed by atoms with Gasteiger partial charge in [0.05, 0.1) is 5.56 Å². The number of furan rings is 1. The van der Waals surface area contributed by atoms with Crippen molar-refractivity contribution in [1.82, 2.24) is 15.3 Å². The number of amides is 1. The van der Waals surface area contributed by atoms with Crippen molar-refractivity contribution in [3.63, 3.8) is 0 Å². The summed E-state index contributed by atoms with van der Waals surface area (Å²) in [6.07, 6.45) is 5.13. The Morgan fingerprint density at radius 1 is 0.975 bits per heavy atom. The first-order valence-corrected chi connectivity index (χ1v) is 13.0. The Balaban J connectivity index is 1.42. The van der Waals surface area contributed by atoms with Gasteiger partial charge in [0.2, 0.25) is 0 Å². The SMILES string of the molecule is CNC(=O)c1c(-c2ccc(F)cc2)oc2ccc(-c3cc(C(=O)CC4(c5ncccn5)CC4)cc(F)c3C)cc12. The molecule has 0 saturated heterocycles. The molecule has 1 fully saturated rings. The van der Waals surface area contributed by atoms with Gasteiger partial charge in [0.25, 0.3) is 5.91 Å². The molecule has 1 aliphatic carbocycles. The number of hydrogen-bond acceptors (Lipinski definition) is 5. The molecule has 8 heteroatoms. The van der Waals surface area contributed by atoms with Gasteiger partial charge in [-0.15, -0.1) is 0 Å². The van der Waals surface area contributed by atoms with Gasteiger partial charge in [-0.3, -0.25) is 9.59 Å². The second-order valence-electron chi connectivity index (χ2n) is 10.2. The van der Waals surface area contributed by atoms with Crippen LogP contribution in [0.25, 0.3) is 33.4 Å². The Kier molecular flexibility index (Phi) is 6.25. The van der Waals surface area contributed by atoms with Crippen LogP contribution in [0.1, 0.15) is 51.4 Å². The summed E-state index contributed by atoms with van der Waals surface area (Å²) in [5, 5.41) is 3.16. The molecule has 2 heterocycles. The number of rotatable bonds is 7. The minimum absolute atomic E-state index is 0.181. The minimum Gasteiger partial charge on any atom is -0.455 e. The average Bonchev–Trinajstić information content (AvgIpc) is 3.66. The van der Waals surface area contributed by atoms with Crippen LogP contribution in [0, 0.1) is 18.6 Å². The standard InChI is InChI=1S/C32H25F2N3O3/c1-18-23(15-21(16-25(18)34)26(38)17-32(10-11-32)31-36-12-3-13-37-31)20-6-9-27-24(14-20)28(30(39)35-2)29(40-27)19-4-7-22(33)8-5-19/h3-9,12-16H,10-11,17H2,1-2H3,(H,35,39). The van der Waals surface area contributed by atoms with Crippen LogP contribution in [-0.2, 0) is 5.41 Å². The molecular formula is C32H25F2N3O3. The van der Waals surface area contributed by atoms with Crippen LogP contribution in [0.5, 0.6) is 0 Å². The lowest BCUT2D eigenvalue weighted by atomic mass is 9.90. The van der Waals surface area contributed by atoms with Crippen LogP contribution < -0.4 is 5.32 Å². The summed E-state index contributed by atoms with van der Waals surface area (Å²) in [4.78, 5) is 35.0. The molecular weight excluding hydrogens is 512 g/mol. The molecule has 1 saturated carbocycles. The molecule has 0 radical (unpaired) electrons. The van der Waals surface area contributed by atoms with Crippen molar-refractivity contribution in [2.75, 3.05) is 7.05 Å². The molecule has 0 bridgehead atoms. The van der Waals surface area contributed by atoms with Crippen molar-refractivity contribution >= 4 is 22.7 Å². The van der Waals surface area contributed by atoms with E-state index in [9.17, 15) is 14.0 Å². The van der Waals surface area contributed by atoms with E-state index >= 15 is 4.39 Å². The minimum atomic E-state index is -0.493. The maximum atomic E-state index is 15.2. The predicted molar refractivity (Wildman–Crippen MR) is 147 cm³/mol. The molecule has 0 spiro atoms. The first-order valence-electron chi connectivity index (χ1n) is 13.0. The van der Waals surface area contributed by atoms with Gasteiger partial charge in [0, 0.05) is 47.8 Å². The van der Waals surface area contributed by atoms with Gasteiger partial charge in [-0.1, -0.05) is 6.07 Å². The third-order valence-corrected chi connectivity index (χ3v) is 7.62. The van der Waals surface area contributed by atoms with E-state index in [1.54, 1.807) is 61.8 Å². The maximum absolute atomic E-state index is 15.2. The number of nitrogens with zero attached hydrogens (tertiary/aromatic N) is 2. The molecule has 1 aliphatic rings. The highest BCUT2D eigenvalue weighted by atomic mass is 19.1. The number of ketones is 1. The summed E-state index contributed by atoms with van der Waals surface area (Å²) in [7, 11) is 1.52. The Labute approximate surface area is 229 Å². The number of Topliss-reactive ketones (excluding diaryl/α,β-unsaturated/α-hetero) is 1. The highest BCUT2D eigenvalue weighted by Gasteiger charge is 2.48. The molecule has 2 aromatic heterocycles. The Bertz CT molecular complexity index is 1780. The van der Waals surface area contributed by atoms with Crippen LogP contribution in [0.15, 0.2) is 77.5 Å². The van der Waals surface area contributed by atoms with E-state index in [0.29, 0.717) is 44.8 Å². The normalized spacial score (nSPS) is 13.8. The number of hydrogen-bond donors (Lipinski definition) is 1. The highest BCUT2D eigenvalue weighted by molar-refractivity contribution is 6.12. The van der Waals surface area contributed by atoms with Gasteiger partial charge in [-0.25, -0.2) is 18.7 Å². The molecule has 200 valence electrons. The van der Waals surface area contributed by atoms with Crippen LogP contribution >= 0.6 is 0 Å². The van der Waals surface area contributed by atoms with Crippen molar-refractivity contribution in [2.45, 2.75) is 31.6 Å². The van der Waals surface area contributed by atoms with E-state index in [1.807, 2.05) is 0 Å². The topological polar surface area (TPSA) is 85.1 Å². The van der Waals surface area contributed by atoms with E-state index in [4.69, 9.17) is 4.42 Å². The largest absolute Gasteiger partial charge is 0.455 e. The Morgan fingerprint density at radius 2 is 1.68 bits per heavy atom. The monoisotopic (exact) mass is 537 g/mol. The van der Waals surface area contributed by atoms with E-state index in [1.165, 1.54) is 25.2 Å². The second kappa shape index (κ2) is 9.79. The van der Waals surface area contributed by atoms with Crippen LogP contribution in [0.2, 0.25) is 0 Å². The van der Waals surface area contributed by atoms with Crippen LogP contribution in [0.3, 0.4) is 0 Å². The number of aromatic nitrogens is 2. The summed E-state index contributed by atoms with van der Waals surface area (Å²) in [5.41, 5.74) is 2.69. The molecule has 6 nitrogen and oxygen atoms in total. The number of halogens is 2. The molecule has 40 heavy (non-hydrogen) atoms. The fourth-order valence-corrected chi connectivity index (χ4v) is 5.17. The molecule has 3 aromatic carbocycles. The van der Waals surface area contributed by atoms with Crippen molar-refractivity contribution in [3.8, 4) is 22.5 Å². The maximum Gasteiger partial charge on any atom is 0.255 e. The zero-order chi connectivity index (χ0) is 28.0. The molecule has 0 aliphatic heterocycles. The third-order valence-electron chi connectivity index (χ3n) is 7.62. The molecule has 6 rings (SSSR count). The lowest BCUT2D eigenvalue weighted by Gasteiger charge is -2.14. The van der Waals surface area contributed by atoms with Crippen molar-refractivity contribution in [1.29, 1.82) is 0 Å². The van der Waals surface area contributed by atoms with Crippen molar-refractivity contribution in [2.24, 2.45) is 0 Å². The lowest BCUT2D eigenvalue weighted by molar-refractivity contribution is 0.0958. The van der Waals surface area contributed by atoms with Gasteiger partial charge in [-0.2, -0.15) is 0 Å². The van der Waals surface area contributed by atoms with Gasteiger partial charge < -0.3 is 9.73 Å². The lowest BCUT2D eigenvalue weighted by Crippen LogP contribution is -2.18. The van der Waals surface area contributed by atoms with Gasteiger partial charge >= 0.3 is 0 Å². The fraction of sp³-hybridized carbons (Fsp3) is 0.188. The molecule has 1 amide bonds. The molecule has 0 unspecified atom stereocenters. The third kappa shape index (κ3) is 4.45. The number of benzene rings is 3. The Morgan fingerprint density at radius 3 is 2.35 bits per heavy atom. The first kappa shape index (κ1) is 25.6. The van der Waals surface area contributed by atoms with Crippen LogP contribution in [0.4, 0.5) is 8.78 Å². The summed E-state index contributed by atoms with van der Waals surface area (Å²) >= 11 is 0. The quantitative estimate of drug-likeness (QED) is 0.231. The van der Waals surface area contributed by atoms with Gasteiger partial charge in [0.15, 0.2) is 5.78 Å². The number of nitrogens with one attached hydrogen (secondary N) is 1. The summed E-state index contributed by atoms with van der Waals surface area (Å²) in [5.74, 6) is -0.512. The Hall–Kier alpha value is -4.72. The fourth-order valence-electron chi connectivity index (χ4n) is 5.17. The van der Waals surface area contributed by atoms with E-state index in [0.717, 1.165) is 12.8 Å². The van der Waals surface area contributed by atoms with E-state index in [2.05, 4.69) is 15.3 Å². The number of carbonyl (C=O) groups excluding carboxylic acids is 2. The zero-order valence-corrected chi connectivity index (χ0v) is 21.9. The highest BCUT2D eigenvalue weighted by Crippen LogP contribution is 2.50. The smallest absolute Gasteiger partial charge is 0.255 e. The van der Waals surface area contributed by atoms with Crippen molar-refractivity contribution < 1.29 is 22.8 Å². The van der Waals surface area contributed by atoms with Crippen LogP contribution in [-0.4, -0.2) is 28.7 Å². The molecule has 1 N–H and O–H groups in total. The second-order valence-corrected chi connectivity index (χ2v) is 10.2. The van der Waals surface area contributed by atoms with E-state index < -0.39 is 17.0 Å². The summed E-state index contributed by atoms with van der Waals surface area (Å²) in [6.45, 7) is 1.66. The van der Waals surface area contributed by atoms with Gasteiger partial charge in [0.1, 0.15) is 28.8 Å². The van der Waals surface area contributed by atoms with Gasteiger partial charge in [-0.05, 0) is 91.1 Å². The summed E-state index contributed by atoms with van der Waals surface area (Å²) in [6, 6.07) is 15.6. The zero-order valence-electron chi connectivity index (χ0n) is 21.9. The first-order chi connectivity index (χ1) is 19.3. The van der Waals surface area contributed by atoms with Crippen molar-refractivity contribution in [3.05, 3.63) is 107 Å². The number of fused-ring (bicyclic) bond motifs is 1. The average molecular weight is 538 g/mol. The predicted octanol–water partition coefficient (Wildman–Crippen LogP) is 6.81.